The van der Waals surface area contributed by atoms with Gasteiger partial charge in [-0.2, -0.15) is 0 Å². The molecule has 102 valence electrons. The maximum Gasteiger partial charge on any atom is 0.0655 e. The number of rotatable bonds is 10. The Hall–Kier alpha value is -0.340. The molecule has 0 spiro atoms. The molecule has 0 rings (SSSR count). The molecule has 2 N–H and O–H groups in total. The van der Waals surface area contributed by atoms with Crippen LogP contribution in [0.4, 0.5) is 0 Å². The number of aliphatic hydroxyl groups excluding tert-OH is 2. The van der Waals surface area contributed by atoms with Gasteiger partial charge in [-0.05, 0) is 19.8 Å². The molecule has 0 bridgehead atoms. The maximum absolute atomic E-state index is 10.4. The average molecular weight is 242 g/mol. The molecule has 0 amide bonds. The van der Waals surface area contributed by atoms with E-state index in [1.165, 1.54) is 0 Å². The molecule has 2 nitrogen and oxygen atoms in total. The van der Waals surface area contributed by atoms with Gasteiger partial charge in [0.2, 0.25) is 0 Å². The van der Waals surface area contributed by atoms with Gasteiger partial charge in [0.05, 0.1) is 12.2 Å². The topological polar surface area (TPSA) is 40.5 Å². The van der Waals surface area contributed by atoms with Gasteiger partial charge >= 0.3 is 0 Å². The Labute approximate surface area is 107 Å². The van der Waals surface area contributed by atoms with E-state index in [4.69, 9.17) is 0 Å². The highest BCUT2D eigenvalue weighted by Gasteiger charge is 2.28. The summed E-state index contributed by atoms with van der Waals surface area (Å²) < 4.78 is 0. The van der Waals surface area contributed by atoms with Crippen molar-refractivity contribution in [1.82, 2.24) is 0 Å². The summed E-state index contributed by atoms with van der Waals surface area (Å²) in [5, 5.41) is 20.1. The Morgan fingerprint density at radius 3 is 2.00 bits per heavy atom. The van der Waals surface area contributed by atoms with Crippen LogP contribution in [0.3, 0.4) is 0 Å². The standard InChI is InChI=1S/C15H30O2/c1-5-8-10-13(7-3)15(17)14(12(4)16)11-9-6-2/h7,12-17H,3,5-6,8-11H2,1-2,4H3. The van der Waals surface area contributed by atoms with E-state index in [-0.39, 0.29) is 11.8 Å². The average Bonchev–Trinajstić information content (AvgIpc) is 2.30. The summed E-state index contributed by atoms with van der Waals surface area (Å²) in [6, 6.07) is 0. The first-order valence-electron chi connectivity index (χ1n) is 7.07. The van der Waals surface area contributed by atoms with E-state index in [0.29, 0.717) is 0 Å². The Morgan fingerprint density at radius 2 is 1.59 bits per heavy atom. The molecule has 0 saturated heterocycles. The van der Waals surface area contributed by atoms with E-state index in [2.05, 4.69) is 20.4 Å². The zero-order chi connectivity index (χ0) is 13.3. The number of aliphatic hydroxyl groups is 2. The van der Waals surface area contributed by atoms with Crippen molar-refractivity contribution in [2.24, 2.45) is 11.8 Å². The monoisotopic (exact) mass is 242 g/mol. The summed E-state index contributed by atoms with van der Waals surface area (Å²) in [5.74, 6) is 0.0983. The summed E-state index contributed by atoms with van der Waals surface area (Å²) in [4.78, 5) is 0. The molecule has 0 aromatic rings. The molecular formula is C15H30O2. The highest BCUT2D eigenvalue weighted by Crippen LogP contribution is 2.26. The minimum Gasteiger partial charge on any atom is -0.393 e. The third kappa shape index (κ3) is 6.23. The van der Waals surface area contributed by atoms with Crippen LogP contribution in [0.25, 0.3) is 0 Å². The summed E-state index contributed by atoms with van der Waals surface area (Å²) in [5.41, 5.74) is 0. The lowest BCUT2D eigenvalue weighted by Crippen LogP contribution is -2.35. The molecule has 2 heteroatoms. The van der Waals surface area contributed by atoms with Crippen molar-refractivity contribution in [3.05, 3.63) is 12.7 Å². The molecule has 4 unspecified atom stereocenters. The van der Waals surface area contributed by atoms with Crippen LogP contribution in [0.15, 0.2) is 12.7 Å². The Balaban J connectivity index is 4.43. The van der Waals surface area contributed by atoms with E-state index in [0.717, 1.165) is 38.5 Å². The lowest BCUT2D eigenvalue weighted by molar-refractivity contribution is -0.00769. The predicted octanol–water partition coefficient (Wildman–Crippen LogP) is 3.53. The molecule has 0 aliphatic carbocycles. The van der Waals surface area contributed by atoms with E-state index in [1.807, 2.05) is 6.08 Å². The van der Waals surface area contributed by atoms with Crippen molar-refractivity contribution in [3.63, 3.8) is 0 Å². The summed E-state index contributed by atoms with van der Waals surface area (Å²) >= 11 is 0. The van der Waals surface area contributed by atoms with Crippen molar-refractivity contribution in [1.29, 1.82) is 0 Å². The van der Waals surface area contributed by atoms with Crippen molar-refractivity contribution in [2.75, 3.05) is 0 Å². The molecule has 4 atom stereocenters. The second-order valence-electron chi connectivity index (χ2n) is 5.08. The minimum atomic E-state index is -0.453. The van der Waals surface area contributed by atoms with Gasteiger partial charge < -0.3 is 10.2 Å². The van der Waals surface area contributed by atoms with Crippen LogP contribution in [0.2, 0.25) is 0 Å². The molecule has 0 aromatic heterocycles. The van der Waals surface area contributed by atoms with Gasteiger partial charge in [-0.1, -0.05) is 45.6 Å². The van der Waals surface area contributed by atoms with Crippen molar-refractivity contribution >= 4 is 0 Å². The Bertz CT molecular complexity index is 189. The molecule has 0 heterocycles. The molecule has 17 heavy (non-hydrogen) atoms. The minimum absolute atomic E-state index is 0.0187. The first-order chi connectivity index (χ1) is 8.08. The zero-order valence-corrected chi connectivity index (χ0v) is 11.7. The van der Waals surface area contributed by atoms with Gasteiger partial charge in [0.1, 0.15) is 0 Å². The third-order valence-electron chi connectivity index (χ3n) is 3.58. The van der Waals surface area contributed by atoms with Gasteiger partial charge in [0.25, 0.3) is 0 Å². The van der Waals surface area contributed by atoms with E-state index in [1.54, 1.807) is 6.92 Å². The number of unbranched alkanes of at least 4 members (excludes halogenated alkanes) is 2. The molecule has 0 saturated carbocycles. The molecule has 0 radical (unpaired) electrons. The first kappa shape index (κ1) is 16.7. The summed E-state index contributed by atoms with van der Waals surface area (Å²) in [6.45, 7) is 9.88. The lowest BCUT2D eigenvalue weighted by Gasteiger charge is -2.30. The fourth-order valence-corrected chi connectivity index (χ4v) is 2.32. The van der Waals surface area contributed by atoms with Crippen LogP contribution in [0, 0.1) is 11.8 Å². The molecular weight excluding hydrogens is 212 g/mol. The van der Waals surface area contributed by atoms with Crippen LogP contribution in [0.1, 0.15) is 59.3 Å². The SMILES string of the molecule is C=CC(CCCC)C(O)C(CCCC)C(C)O. The molecule has 0 aliphatic heterocycles. The van der Waals surface area contributed by atoms with Gasteiger partial charge in [0.15, 0.2) is 0 Å². The molecule has 0 aliphatic rings. The summed E-state index contributed by atoms with van der Waals surface area (Å²) in [7, 11) is 0. The van der Waals surface area contributed by atoms with Crippen LogP contribution in [-0.4, -0.2) is 22.4 Å². The summed E-state index contributed by atoms with van der Waals surface area (Å²) in [6.07, 6.45) is 7.21. The largest absolute Gasteiger partial charge is 0.393 e. The van der Waals surface area contributed by atoms with Gasteiger partial charge in [-0.3, -0.25) is 0 Å². The smallest absolute Gasteiger partial charge is 0.0655 e. The number of hydrogen-bond donors (Lipinski definition) is 2. The maximum atomic E-state index is 10.4. The van der Waals surface area contributed by atoms with Gasteiger partial charge in [-0.25, -0.2) is 0 Å². The second-order valence-corrected chi connectivity index (χ2v) is 5.08. The van der Waals surface area contributed by atoms with Crippen LogP contribution < -0.4 is 0 Å². The fraction of sp³-hybridized carbons (Fsp3) is 0.867. The van der Waals surface area contributed by atoms with Crippen molar-refractivity contribution in [2.45, 2.75) is 71.5 Å². The fourth-order valence-electron chi connectivity index (χ4n) is 2.32. The quantitative estimate of drug-likeness (QED) is 0.575. The van der Waals surface area contributed by atoms with E-state index in [9.17, 15) is 10.2 Å². The highest BCUT2D eigenvalue weighted by molar-refractivity contribution is 4.89. The second kappa shape index (κ2) is 9.67. The number of hydrogen-bond acceptors (Lipinski definition) is 2. The molecule has 0 fully saturated rings. The highest BCUT2D eigenvalue weighted by atomic mass is 16.3. The normalized spacial score (nSPS) is 18.4. The lowest BCUT2D eigenvalue weighted by atomic mass is 9.82. The first-order valence-corrected chi connectivity index (χ1v) is 7.07. The van der Waals surface area contributed by atoms with E-state index >= 15 is 0 Å². The zero-order valence-electron chi connectivity index (χ0n) is 11.7. The van der Waals surface area contributed by atoms with Crippen molar-refractivity contribution < 1.29 is 10.2 Å². The van der Waals surface area contributed by atoms with Crippen molar-refractivity contribution in [3.8, 4) is 0 Å². The van der Waals surface area contributed by atoms with Crippen LogP contribution in [-0.2, 0) is 0 Å². The third-order valence-corrected chi connectivity index (χ3v) is 3.58. The van der Waals surface area contributed by atoms with E-state index < -0.39 is 12.2 Å². The van der Waals surface area contributed by atoms with Gasteiger partial charge in [-0.15, -0.1) is 6.58 Å². The van der Waals surface area contributed by atoms with Crippen LogP contribution >= 0.6 is 0 Å². The van der Waals surface area contributed by atoms with Gasteiger partial charge in [0, 0.05) is 11.8 Å². The predicted molar refractivity (Wildman–Crippen MR) is 73.9 cm³/mol. The molecule has 0 aromatic carbocycles. The van der Waals surface area contributed by atoms with Crippen LogP contribution in [0.5, 0.6) is 0 Å². The Morgan fingerprint density at radius 1 is 1.06 bits per heavy atom. The Kier molecular flexibility index (Phi) is 9.47.